The van der Waals surface area contributed by atoms with Crippen LogP contribution in [0.3, 0.4) is 0 Å². The molecule has 0 bridgehead atoms. The summed E-state index contributed by atoms with van der Waals surface area (Å²) in [6, 6.07) is 5.53. The first-order valence-electron chi connectivity index (χ1n) is 6.58. The molecule has 2 rings (SSSR count). The van der Waals surface area contributed by atoms with E-state index < -0.39 is 0 Å². The molecule has 1 heterocycles. The van der Waals surface area contributed by atoms with Crippen LogP contribution < -0.4 is 5.32 Å². The molecule has 2 nitrogen and oxygen atoms in total. The van der Waals surface area contributed by atoms with Crippen LogP contribution in [0.25, 0.3) is 0 Å². The van der Waals surface area contributed by atoms with Gasteiger partial charge >= 0.3 is 0 Å². The highest BCUT2D eigenvalue weighted by Gasteiger charge is 2.17. The Hall–Kier alpha value is -0.450. The predicted molar refractivity (Wildman–Crippen MR) is 76.1 cm³/mol. The second kappa shape index (κ2) is 6.64. The monoisotopic (exact) mass is 314 g/mol. The van der Waals surface area contributed by atoms with Gasteiger partial charge in [0.2, 0.25) is 0 Å². The molecule has 0 aromatic heterocycles. The predicted octanol–water partition coefficient (Wildman–Crippen LogP) is 3.16. The second-order valence-electron chi connectivity index (χ2n) is 4.88. The van der Waals surface area contributed by atoms with E-state index in [1.165, 1.54) is 12.5 Å². The van der Waals surface area contributed by atoms with E-state index in [1.54, 1.807) is 6.07 Å². The lowest BCUT2D eigenvalue weighted by Gasteiger charge is -2.24. The highest BCUT2D eigenvalue weighted by atomic mass is 79.9. The summed E-state index contributed by atoms with van der Waals surface area (Å²) in [6.07, 6.45) is 2.33. The Balaban J connectivity index is 2.02. The van der Waals surface area contributed by atoms with Gasteiger partial charge in [-0.2, -0.15) is 0 Å². The highest BCUT2D eigenvalue weighted by molar-refractivity contribution is 9.10. The van der Waals surface area contributed by atoms with Crippen molar-refractivity contribution in [2.75, 3.05) is 19.6 Å². The molecule has 1 unspecified atom stereocenters. The minimum Gasteiger partial charge on any atom is -0.313 e. The molecule has 100 valence electrons. The van der Waals surface area contributed by atoms with Crippen LogP contribution in [-0.2, 0) is 6.54 Å². The van der Waals surface area contributed by atoms with Crippen LogP contribution in [-0.4, -0.2) is 30.6 Å². The van der Waals surface area contributed by atoms with Crippen molar-refractivity contribution in [1.29, 1.82) is 0 Å². The molecule has 0 saturated carbocycles. The topological polar surface area (TPSA) is 15.3 Å². The third-order valence-corrected chi connectivity index (χ3v) is 4.20. The Kier molecular flexibility index (Phi) is 5.15. The Morgan fingerprint density at radius 1 is 1.50 bits per heavy atom. The third-order valence-electron chi connectivity index (χ3n) is 3.46. The van der Waals surface area contributed by atoms with Crippen molar-refractivity contribution in [2.45, 2.75) is 32.4 Å². The van der Waals surface area contributed by atoms with E-state index >= 15 is 0 Å². The first kappa shape index (κ1) is 14.0. The first-order chi connectivity index (χ1) is 8.69. The SMILES string of the molecule is CCC1CN(Cc2ccc(F)cc2Br)CCCN1. The average Bonchev–Trinajstić information content (AvgIpc) is 2.58. The van der Waals surface area contributed by atoms with E-state index in [4.69, 9.17) is 0 Å². The lowest BCUT2D eigenvalue weighted by atomic mass is 10.1. The lowest BCUT2D eigenvalue weighted by Crippen LogP contribution is -2.36. The van der Waals surface area contributed by atoms with Gasteiger partial charge in [0.05, 0.1) is 0 Å². The van der Waals surface area contributed by atoms with Crippen LogP contribution in [0.2, 0.25) is 0 Å². The highest BCUT2D eigenvalue weighted by Crippen LogP contribution is 2.20. The van der Waals surface area contributed by atoms with Gasteiger partial charge in [0, 0.05) is 23.6 Å². The van der Waals surface area contributed by atoms with Gasteiger partial charge in [0.15, 0.2) is 0 Å². The Bertz CT molecular complexity index is 397. The van der Waals surface area contributed by atoms with Gasteiger partial charge in [0.1, 0.15) is 5.82 Å². The number of benzene rings is 1. The molecule has 1 aliphatic rings. The van der Waals surface area contributed by atoms with Gasteiger partial charge < -0.3 is 5.32 Å². The summed E-state index contributed by atoms with van der Waals surface area (Å²) in [5.74, 6) is -0.186. The standard InChI is InChI=1S/C14H20BrFN2/c1-2-13-10-18(7-3-6-17-13)9-11-4-5-12(16)8-14(11)15/h4-5,8,13,17H,2-3,6-7,9-10H2,1H3. The van der Waals surface area contributed by atoms with E-state index in [0.717, 1.165) is 42.6 Å². The first-order valence-corrected chi connectivity index (χ1v) is 7.38. The van der Waals surface area contributed by atoms with E-state index in [0.29, 0.717) is 6.04 Å². The van der Waals surface area contributed by atoms with Crippen molar-refractivity contribution >= 4 is 15.9 Å². The van der Waals surface area contributed by atoms with Crippen molar-refractivity contribution in [3.05, 3.63) is 34.1 Å². The maximum atomic E-state index is 13.1. The minimum atomic E-state index is -0.186. The number of hydrogen-bond donors (Lipinski definition) is 1. The van der Waals surface area contributed by atoms with Crippen LogP contribution >= 0.6 is 15.9 Å². The van der Waals surface area contributed by atoms with Gasteiger partial charge in [-0.15, -0.1) is 0 Å². The van der Waals surface area contributed by atoms with Crippen LogP contribution in [0.1, 0.15) is 25.3 Å². The van der Waals surface area contributed by atoms with Crippen LogP contribution in [0, 0.1) is 5.82 Å². The van der Waals surface area contributed by atoms with Gasteiger partial charge in [0.25, 0.3) is 0 Å². The zero-order valence-electron chi connectivity index (χ0n) is 10.8. The molecule has 0 radical (unpaired) electrons. The van der Waals surface area contributed by atoms with Crippen LogP contribution in [0.15, 0.2) is 22.7 Å². The number of nitrogens with one attached hydrogen (secondary N) is 1. The van der Waals surface area contributed by atoms with E-state index in [9.17, 15) is 4.39 Å². The van der Waals surface area contributed by atoms with E-state index in [1.807, 2.05) is 6.07 Å². The zero-order valence-corrected chi connectivity index (χ0v) is 12.3. The smallest absolute Gasteiger partial charge is 0.124 e. The van der Waals surface area contributed by atoms with Crippen molar-refractivity contribution in [1.82, 2.24) is 10.2 Å². The minimum absolute atomic E-state index is 0.186. The largest absolute Gasteiger partial charge is 0.313 e. The van der Waals surface area contributed by atoms with Gasteiger partial charge in [-0.1, -0.05) is 28.9 Å². The molecule has 1 saturated heterocycles. The van der Waals surface area contributed by atoms with Gasteiger partial charge in [-0.3, -0.25) is 4.90 Å². The molecule has 1 atom stereocenters. The molecule has 0 amide bonds. The average molecular weight is 315 g/mol. The van der Waals surface area contributed by atoms with Crippen molar-refractivity contribution < 1.29 is 4.39 Å². The fraction of sp³-hybridized carbons (Fsp3) is 0.571. The molecular weight excluding hydrogens is 295 g/mol. The van der Waals surface area contributed by atoms with Crippen molar-refractivity contribution in [3.63, 3.8) is 0 Å². The van der Waals surface area contributed by atoms with E-state index in [-0.39, 0.29) is 5.82 Å². The van der Waals surface area contributed by atoms with Gasteiger partial charge in [-0.25, -0.2) is 4.39 Å². The second-order valence-corrected chi connectivity index (χ2v) is 5.74. The van der Waals surface area contributed by atoms with Crippen molar-refractivity contribution in [2.24, 2.45) is 0 Å². The van der Waals surface area contributed by atoms with Crippen LogP contribution in [0.4, 0.5) is 4.39 Å². The quantitative estimate of drug-likeness (QED) is 0.922. The molecule has 18 heavy (non-hydrogen) atoms. The zero-order chi connectivity index (χ0) is 13.0. The Labute approximate surface area is 117 Å². The fourth-order valence-electron chi connectivity index (χ4n) is 2.38. The molecule has 1 aromatic rings. The van der Waals surface area contributed by atoms with Crippen molar-refractivity contribution in [3.8, 4) is 0 Å². The molecule has 4 heteroatoms. The molecule has 0 spiro atoms. The molecule has 1 N–H and O–H groups in total. The summed E-state index contributed by atoms with van der Waals surface area (Å²) in [6.45, 7) is 6.38. The maximum Gasteiger partial charge on any atom is 0.124 e. The summed E-state index contributed by atoms with van der Waals surface area (Å²) >= 11 is 3.44. The lowest BCUT2D eigenvalue weighted by molar-refractivity contribution is 0.257. The number of halogens is 2. The summed E-state index contributed by atoms with van der Waals surface area (Å²) < 4.78 is 13.9. The maximum absolute atomic E-state index is 13.1. The third kappa shape index (κ3) is 3.77. The van der Waals surface area contributed by atoms with E-state index in [2.05, 4.69) is 33.1 Å². The van der Waals surface area contributed by atoms with Gasteiger partial charge in [-0.05, 0) is 43.6 Å². The summed E-state index contributed by atoms with van der Waals surface area (Å²) in [7, 11) is 0. The summed E-state index contributed by atoms with van der Waals surface area (Å²) in [5, 5.41) is 3.56. The summed E-state index contributed by atoms with van der Waals surface area (Å²) in [4.78, 5) is 2.45. The number of hydrogen-bond acceptors (Lipinski definition) is 2. The number of rotatable bonds is 3. The molecular formula is C14H20BrFN2. The molecule has 1 aromatic carbocycles. The van der Waals surface area contributed by atoms with Crippen LogP contribution in [0.5, 0.6) is 0 Å². The number of nitrogens with zero attached hydrogens (tertiary/aromatic N) is 1. The molecule has 1 aliphatic heterocycles. The Morgan fingerprint density at radius 2 is 2.33 bits per heavy atom. The summed E-state index contributed by atoms with van der Waals surface area (Å²) in [5.41, 5.74) is 1.16. The normalized spacial score (nSPS) is 21.8. The molecule has 1 fully saturated rings. The molecule has 0 aliphatic carbocycles. The fourth-order valence-corrected chi connectivity index (χ4v) is 2.86. The Morgan fingerprint density at radius 3 is 3.06 bits per heavy atom.